The Morgan fingerprint density at radius 1 is 1.56 bits per heavy atom. The number of rotatable bonds is 6. The fraction of sp³-hybridized carbons (Fsp3) is 0.500. The molecule has 0 aromatic carbocycles. The molecular weight excluding hydrogens is 276 g/mol. The van der Waals surface area contributed by atoms with Crippen molar-refractivity contribution in [2.24, 2.45) is 5.73 Å². The summed E-state index contributed by atoms with van der Waals surface area (Å²) in [6, 6.07) is 0. The van der Waals surface area contributed by atoms with Crippen LogP contribution >= 0.6 is 11.3 Å². The van der Waals surface area contributed by atoms with E-state index in [0.717, 1.165) is 11.3 Å². The number of aryl methyl sites for hydroxylation is 1. The van der Waals surface area contributed by atoms with Crippen molar-refractivity contribution in [1.82, 2.24) is 4.72 Å². The van der Waals surface area contributed by atoms with E-state index in [2.05, 4.69) is 9.46 Å². The average Bonchev–Trinajstić information content (AvgIpc) is 2.71. The summed E-state index contributed by atoms with van der Waals surface area (Å²) in [6.45, 7) is 2.28. The average molecular weight is 292 g/mol. The summed E-state index contributed by atoms with van der Waals surface area (Å²) in [5.41, 5.74) is 5.83. The van der Waals surface area contributed by atoms with Gasteiger partial charge in [0.2, 0.25) is 10.0 Å². The van der Waals surface area contributed by atoms with Gasteiger partial charge in [0.05, 0.1) is 7.11 Å². The number of hydrogen-bond donors (Lipinski definition) is 2. The summed E-state index contributed by atoms with van der Waals surface area (Å²) in [5.74, 6) is -0.646. The van der Waals surface area contributed by atoms with Crippen LogP contribution in [-0.4, -0.2) is 34.6 Å². The highest BCUT2D eigenvalue weighted by Crippen LogP contribution is 2.27. The van der Waals surface area contributed by atoms with Gasteiger partial charge >= 0.3 is 5.97 Å². The number of sulfonamides is 1. The smallest absolute Gasteiger partial charge is 0.349 e. The Balaban J connectivity index is 3.07. The maximum absolute atomic E-state index is 12.1. The van der Waals surface area contributed by atoms with Gasteiger partial charge in [-0.25, -0.2) is 17.9 Å². The second-order valence-corrected chi connectivity index (χ2v) is 6.19. The molecule has 8 heteroatoms. The number of thiophene rings is 1. The summed E-state index contributed by atoms with van der Waals surface area (Å²) in [4.78, 5) is 11.6. The van der Waals surface area contributed by atoms with Crippen molar-refractivity contribution in [3.8, 4) is 0 Å². The van der Waals surface area contributed by atoms with Crippen molar-refractivity contribution in [1.29, 1.82) is 0 Å². The molecule has 0 aliphatic heterocycles. The molecular formula is C10H16N2O4S2. The van der Waals surface area contributed by atoms with Crippen molar-refractivity contribution in [3.05, 3.63) is 15.8 Å². The number of hydrogen-bond acceptors (Lipinski definition) is 6. The maximum Gasteiger partial charge on any atom is 0.349 e. The quantitative estimate of drug-likeness (QED) is 0.586. The van der Waals surface area contributed by atoms with Gasteiger partial charge in [-0.3, -0.25) is 0 Å². The highest BCUT2D eigenvalue weighted by molar-refractivity contribution is 7.89. The van der Waals surface area contributed by atoms with E-state index in [4.69, 9.17) is 5.73 Å². The largest absolute Gasteiger partial charge is 0.465 e. The molecule has 18 heavy (non-hydrogen) atoms. The lowest BCUT2D eigenvalue weighted by Gasteiger charge is -2.07. The number of nitrogens with one attached hydrogen (secondary N) is 1. The molecule has 0 radical (unpaired) electrons. The first kappa shape index (κ1) is 15.1. The molecule has 0 amide bonds. The molecule has 1 aromatic heterocycles. The molecule has 0 aliphatic rings. The minimum absolute atomic E-state index is 0.00336. The molecule has 0 unspecified atom stereocenters. The van der Waals surface area contributed by atoms with E-state index in [1.54, 1.807) is 12.3 Å². The van der Waals surface area contributed by atoms with Crippen molar-refractivity contribution >= 4 is 27.3 Å². The second-order valence-electron chi connectivity index (χ2n) is 3.61. The van der Waals surface area contributed by atoms with Crippen LogP contribution in [0.5, 0.6) is 0 Å². The van der Waals surface area contributed by atoms with Gasteiger partial charge in [-0.2, -0.15) is 0 Å². The molecule has 0 atom stereocenters. The predicted octanol–water partition coefficient (Wildman–Crippen LogP) is 0.470. The molecule has 0 bridgehead atoms. The Morgan fingerprint density at radius 3 is 2.78 bits per heavy atom. The molecule has 0 fully saturated rings. The van der Waals surface area contributed by atoms with Crippen LogP contribution in [0.1, 0.15) is 21.7 Å². The zero-order valence-electron chi connectivity index (χ0n) is 10.2. The van der Waals surface area contributed by atoms with Gasteiger partial charge in [0, 0.05) is 6.54 Å². The third kappa shape index (κ3) is 3.29. The molecule has 1 heterocycles. The molecule has 102 valence electrons. The predicted molar refractivity (Wildman–Crippen MR) is 69.3 cm³/mol. The third-order valence-electron chi connectivity index (χ3n) is 2.23. The van der Waals surface area contributed by atoms with Crippen LogP contribution in [0.3, 0.4) is 0 Å². The fourth-order valence-electron chi connectivity index (χ4n) is 1.38. The highest BCUT2D eigenvalue weighted by Gasteiger charge is 2.26. The van der Waals surface area contributed by atoms with E-state index in [-0.39, 0.29) is 16.3 Å². The molecule has 3 N–H and O–H groups in total. The van der Waals surface area contributed by atoms with Crippen molar-refractivity contribution in [3.63, 3.8) is 0 Å². The summed E-state index contributed by atoms with van der Waals surface area (Å²) in [7, 11) is -2.48. The first-order valence-electron chi connectivity index (χ1n) is 5.30. The molecule has 1 rings (SSSR count). The normalized spacial score (nSPS) is 11.5. The minimum Gasteiger partial charge on any atom is -0.465 e. The first-order valence-corrected chi connectivity index (χ1v) is 7.66. The summed E-state index contributed by atoms with van der Waals surface area (Å²) < 4.78 is 31.1. The van der Waals surface area contributed by atoms with Crippen molar-refractivity contribution in [2.75, 3.05) is 20.2 Å². The van der Waals surface area contributed by atoms with Gasteiger partial charge in [-0.05, 0) is 30.8 Å². The van der Waals surface area contributed by atoms with Gasteiger partial charge in [-0.1, -0.05) is 0 Å². The van der Waals surface area contributed by atoms with E-state index in [0.29, 0.717) is 18.5 Å². The van der Waals surface area contributed by atoms with Crippen LogP contribution in [0.2, 0.25) is 0 Å². The molecule has 0 aliphatic carbocycles. The Kier molecular flexibility index (Phi) is 5.27. The fourth-order valence-corrected chi connectivity index (χ4v) is 4.16. The van der Waals surface area contributed by atoms with Crippen LogP contribution in [0.15, 0.2) is 10.3 Å². The highest BCUT2D eigenvalue weighted by atomic mass is 32.2. The lowest BCUT2D eigenvalue weighted by molar-refractivity contribution is 0.0602. The Morgan fingerprint density at radius 2 is 2.22 bits per heavy atom. The molecule has 0 spiro atoms. The monoisotopic (exact) mass is 292 g/mol. The number of esters is 1. The topological polar surface area (TPSA) is 98.5 Å². The van der Waals surface area contributed by atoms with Gasteiger partial charge in [-0.15, -0.1) is 11.3 Å². The zero-order chi connectivity index (χ0) is 13.8. The molecule has 0 saturated heterocycles. The van der Waals surface area contributed by atoms with Gasteiger partial charge in [0.15, 0.2) is 0 Å². The van der Waals surface area contributed by atoms with E-state index < -0.39 is 16.0 Å². The van der Waals surface area contributed by atoms with Crippen LogP contribution in [-0.2, 0) is 14.8 Å². The van der Waals surface area contributed by atoms with Gasteiger partial charge < -0.3 is 10.5 Å². The van der Waals surface area contributed by atoms with E-state index in [1.807, 2.05) is 0 Å². The van der Waals surface area contributed by atoms with Crippen LogP contribution in [0.25, 0.3) is 0 Å². The third-order valence-corrected chi connectivity index (χ3v) is 5.09. The number of methoxy groups -OCH3 is 1. The SMILES string of the molecule is COC(=O)c1scc(C)c1S(=O)(=O)NCCCN. The minimum atomic E-state index is -3.70. The Labute approximate surface area is 110 Å². The molecule has 0 saturated carbocycles. The van der Waals surface area contributed by atoms with Crippen LogP contribution < -0.4 is 10.5 Å². The van der Waals surface area contributed by atoms with Crippen molar-refractivity contribution in [2.45, 2.75) is 18.2 Å². The maximum atomic E-state index is 12.1. The zero-order valence-corrected chi connectivity index (χ0v) is 11.9. The van der Waals surface area contributed by atoms with Crippen molar-refractivity contribution < 1.29 is 17.9 Å². The Hall–Kier alpha value is -0.960. The number of ether oxygens (including phenoxy) is 1. The second kappa shape index (κ2) is 6.28. The molecule has 1 aromatic rings. The number of carbonyl (C=O) groups excluding carboxylic acids is 1. The van der Waals surface area contributed by atoms with Gasteiger partial charge in [0.1, 0.15) is 9.77 Å². The van der Waals surface area contributed by atoms with E-state index >= 15 is 0 Å². The number of nitrogens with two attached hydrogens (primary N) is 1. The summed E-state index contributed by atoms with van der Waals surface area (Å²) in [5, 5.41) is 1.61. The van der Waals surface area contributed by atoms with Gasteiger partial charge in [0.25, 0.3) is 0 Å². The van der Waals surface area contributed by atoms with Crippen LogP contribution in [0.4, 0.5) is 0 Å². The number of carbonyl (C=O) groups is 1. The Bertz CT molecular complexity index is 522. The summed E-state index contributed by atoms with van der Waals surface area (Å²) >= 11 is 1.06. The first-order chi connectivity index (χ1) is 8.44. The summed E-state index contributed by atoms with van der Waals surface area (Å²) in [6.07, 6.45) is 0.538. The van der Waals surface area contributed by atoms with E-state index in [9.17, 15) is 13.2 Å². The van der Waals surface area contributed by atoms with Crippen LogP contribution in [0, 0.1) is 6.92 Å². The van der Waals surface area contributed by atoms with E-state index in [1.165, 1.54) is 7.11 Å². The standard InChI is InChI=1S/C10H16N2O4S2/c1-7-6-17-8(10(13)16-2)9(7)18(14,15)12-5-3-4-11/h6,12H,3-5,11H2,1-2H3. The molecule has 6 nitrogen and oxygen atoms in total. The lowest BCUT2D eigenvalue weighted by Crippen LogP contribution is -2.27. The lowest BCUT2D eigenvalue weighted by atomic mass is 10.3.